The molecule has 0 saturated heterocycles. The molecule has 5 nitrogen and oxygen atoms in total. The first-order valence-corrected chi connectivity index (χ1v) is 5.48. The van der Waals surface area contributed by atoms with Gasteiger partial charge in [0.05, 0.1) is 0 Å². The molecule has 0 bridgehead atoms. The zero-order valence-corrected chi connectivity index (χ0v) is 10.4. The Balaban J connectivity index is 2.25. The Morgan fingerprint density at radius 3 is 2.94 bits per heavy atom. The summed E-state index contributed by atoms with van der Waals surface area (Å²) in [7, 11) is 0. The van der Waals surface area contributed by atoms with Gasteiger partial charge in [0.2, 0.25) is 0 Å². The summed E-state index contributed by atoms with van der Waals surface area (Å²) >= 11 is 3.31. The van der Waals surface area contributed by atoms with Crippen LogP contribution >= 0.6 is 15.9 Å². The molecule has 88 valence electrons. The van der Waals surface area contributed by atoms with Gasteiger partial charge < -0.3 is 14.3 Å². The number of hydrogen-bond acceptors (Lipinski definition) is 4. The number of halogens is 1. The lowest BCUT2D eigenvalue weighted by atomic mass is 10.2. The molecule has 6 heteroatoms. The van der Waals surface area contributed by atoms with Crippen LogP contribution < -0.4 is 4.74 Å². The Labute approximate surface area is 105 Å². The van der Waals surface area contributed by atoms with Gasteiger partial charge in [-0.15, -0.1) is 0 Å². The van der Waals surface area contributed by atoms with Crippen molar-refractivity contribution in [2.45, 2.75) is 6.92 Å². The minimum Gasteiger partial charge on any atom is -0.476 e. The number of carbonyl (C=O) groups is 1. The van der Waals surface area contributed by atoms with E-state index in [-0.39, 0.29) is 11.8 Å². The topological polar surface area (TPSA) is 72.6 Å². The fourth-order valence-corrected chi connectivity index (χ4v) is 1.52. The zero-order valence-electron chi connectivity index (χ0n) is 8.81. The second-order valence-corrected chi connectivity index (χ2v) is 4.23. The molecule has 1 N–H and O–H groups in total. The predicted molar refractivity (Wildman–Crippen MR) is 62.4 cm³/mol. The van der Waals surface area contributed by atoms with Crippen molar-refractivity contribution in [1.82, 2.24) is 4.98 Å². The van der Waals surface area contributed by atoms with Crippen LogP contribution in [0.5, 0.6) is 11.8 Å². The van der Waals surface area contributed by atoms with Gasteiger partial charge in [-0.05, 0) is 24.6 Å². The molecular weight excluding hydrogens is 290 g/mol. The number of aromatic carboxylic acids is 1. The molecular formula is C11H8BrNO4. The number of carboxylic acid groups (broad SMARTS) is 1. The Kier molecular flexibility index (Phi) is 3.14. The minimum atomic E-state index is -1.16. The zero-order chi connectivity index (χ0) is 12.4. The molecule has 0 saturated carbocycles. The maximum atomic E-state index is 10.6. The number of oxazole rings is 1. The largest absolute Gasteiger partial charge is 0.476 e. The molecule has 2 rings (SSSR count). The standard InChI is InChI=1S/C11H8BrNO4/c1-6-2-3-7(12)4-9(6)17-11-13-8(5-16-11)10(14)15/h2-5H,1H3,(H,14,15). The lowest BCUT2D eigenvalue weighted by molar-refractivity contribution is 0.0690. The fourth-order valence-electron chi connectivity index (χ4n) is 1.18. The third-order valence-electron chi connectivity index (χ3n) is 2.05. The van der Waals surface area contributed by atoms with E-state index in [2.05, 4.69) is 20.9 Å². The first-order valence-electron chi connectivity index (χ1n) is 4.69. The number of hydrogen-bond donors (Lipinski definition) is 1. The molecule has 0 radical (unpaired) electrons. The summed E-state index contributed by atoms with van der Waals surface area (Å²) in [6.07, 6.45) is 0.939. The van der Waals surface area contributed by atoms with Gasteiger partial charge >= 0.3 is 12.0 Å². The molecule has 17 heavy (non-hydrogen) atoms. The summed E-state index contributed by atoms with van der Waals surface area (Å²) in [6.45, 7) is 1.86. The number of ether oxygens (including phenoxy) is 1. The second kappa shape index (κ2) is 4.58. The van der Waals surface area contributed by atoms with Crippen molar-refractivity contribution >= 4 is 21.9 Å². The molecule has 2 aromatic rings. The van der Waals surface area contributed by atoms with Gasteiger partial charge in [0.1, 0.15) is 12.0 Å². The third kappa shape index (κ3) is 2.65. The van der Waals surface area contributed by atoms with Crippen LogP contribution in [0, 0.1) is 6.92 Å². The Morgan fingerprint density at radius 1 is 1.53 bits per heavy atom. The van der Waals surface area contributed by atoms with Crippen molar-refractivity contribution in [3.05, 3.63) is 40.2 Å². The maximum absolute atomic E-state index is 10.6. The monoisotopic (exact) mass is 297 g/mol. The molecule has 0 aliphatic heterocycles. The number of aryl methyl sites for hydroxylation is 1. The van der Waals surface area contributed by atoms with Gasteiger partial charge in [-0.1, -0.05) is 22.0 Å². The summed E-state index contributed by atoms with van der Waals surface area (Å²) in [5.74, 6) is -0.604. The Bertz CT molecular complexity index is 564. The van der Waals surface area contributed by atoms with E-state index in [9.17, 15) is 4.79 Å². The van der Waals surface area contributed by atoms with Crippen LogP contribution in [0.2, 0.25) is 0 Å². The highest BCUT2D eigenvalue weighted by Gasteiger charge is 2.12. The summed E-state index contributed by atoms with van der Waals surface area (Å²) in [6, 6.07) is 5.49. The van der Waals surface area contributed by atoms with Gasteiger partial charge in [-0.2, -0.15) is 4.98 Å². The van der Waals surface area contributed by atoms with Crippen LogP contribution in [-0.2, 0) is 0 Å². The molecule has 1 aromatic carbocycles. The van der Waals surface area contributed by atoms with Crippen LogP contribution in [0.3, 0.4) is 0 Å². The first-order chi connectivity index (χ1) is 8.06. The van der Waals surface area contributed by atoms with E-state index in [4.69, 9.17) is 14.3 Å². The summed E-state index contributed by atoms with van der Waals surface area (Å²) < 4.78 is 11.1. The second-order valence-electron chi connectivity index (χ2n) is 3.32. The van der Waals surface area contributed by atoms with E-state index in [1.165, 1.54) is 0 Å². The quantitative estimate of drug-likeness (QED) is 0.941. The average molecular weight is 298 g/mol. The number of nitrogens with zero attached hydrogens (tertiary/aromatic N) is 1. The molecule has 1 heterocycles. The van der Waals surface area contributed by atoms with E-state index in [0.717, 1.165) is 16.3 Å². The fraction of sp³-hybridized carbons (Fsp3) is 0.0909. The molecule has 0 spiro atoms. The summed E-state index contributed by atoms with van der Waals surface area (Å²) in [5, 5.41) is 8.68. The number of benzene rings is 1. The SMILES string of the molecule is Cc1ccc(Br)cc1Oc1nc(C(=O)O)co1. The van der Waals surface area contributed by atoms with Crippen LogP contribution in [-0.4, -0.2) is 16.1 Å². The highest BCUT2D eigenvalue weighted by Crippen LogP contribution is 2.27. The van der Waals surface area contributed by atoms with E-state index in [1.807, 2.05) is 19.1 Å². The normalized spacial score (nSPS) is 10.2. The van der Waals surface area contributed by atoms with Gasteiger partial charge in [-0.25, -0.2) is 4.79 Å². The van der Waals surface area contributed by atoms with Crippen molar-refractivity contribution in [2.24, 2.45) is 0 Å². The minimum absolute atomic E-state index is 0.0939. The van der Waals surface area contributed by atoms with Crippen LogP contribution in [0.25, 0.3) is 0 Å². The number of rotatable bonds is 3. The first kappa shape index (κ1) is 11.7. The Morgan fingerprint density at radius 2 is 2.29 bits per heavy atom. The molecule has 0 aliphatic carbocycles. The van der Waals surface area contributed by atoms with Gasteiger partial charge in [0.15, 0.2) is 5.69 Å². The van der Waals surface area contributed by atoms with Crippen molar-refractivity contribution in [1.29, 1.82) is 0 Å². The molecule has 1 aromatic heterocycles. The predicted octanol–water partition coefficient (Wildman–Crippen LogP) is 3.24. The smallest absolute Gasteiger partial charge is 0.399 e. The molecule has 0 fully saturated rings. The maximum Gasteiger partial charge on any atom is 0.399 e. The molecule has 0 atom stereocenters. The summed E-state index contributed by atoms with van der Waals surface area (Å²) in [5.41, 5.74) is 0.705. The van der Waals surface area contributed by atoms with E-state index < -0.39 is 5.97 Å². The summed E-state index contributed by atoms with van der Waals surface area (Å²) in [4.78, 5) is 14.3. The van der Waals surface area contributed by atoms with Crippen LogP contribution in [0.15, 0.2) is 33.4 Å². The van der Waals surface area contributed by atoms with E-state index in [0.29, 0.717) is 5.75 Å². The average Bonchev–Trinajstić information content (AvgIpc) is 2.72. The lowest BCUT2D eigenvalue weighted by Crippen LogP contribution is -1.96. The lowest BCUT2D eigenvalue weighted by Gasteiger charge is -2.04. The van der Waals surface area contributed by atoms with Crippen molar-refractivity contribution in [3.8, 4) is 11.8 Å². The number of carboxylic acids is 1. The van der Waals surface area contributed by atoms with Gasteiger partial charge in [0.25, 0.3) is 0 Å². The van der Waals surface area contributed by atoms with Gasteiger partial charge in [-0.3, -0.25) is 0 Å². The highest BCUT2D eigenvalue weighted by molar-refractivity contribution is 9.10. The van der Waals surface area contributed by atoms with Crippen molar-refractivity contribution < 1.29 is 19.1 Å². The van der Waals surface area contributed by atoms with Crippen molar-refractivity contribution in [3.63, 3.8) is 0 Å². The third-order valence-corrected chi connectivity index (χ3v) is 2.54. The van der Waals surface area contributed by atoms with E-state index >= 15 is 0 Å². The Hall–Kier alpha value is -1.82. The van der Waals surface area contributed by atoms with E-state index in [1.54, 1.807) is 6.07 Å². The molecule has 0 aliphatic rings. The molecule has 0 amide bonds. The van der Waals surface area contributed by atoms with Crippen LogP contribution in [0.1, 0.15) is 16.1 Å². The van der Waals surface area contributed by atoms with Gasteiger partial charge in [0, 0.05) is 4.47 Å². The van der Waals surface area contributed by atoms with Crippen LogP contribution in [0.4, 0.5) is 0 Å². The highest BCUT2D eigenvalue weighted by atomic mass is 79.9. The number of aromatic nitrogens is 1. The van der Waals surface area contributed by atoms with Crippen molar-refractivity contribution in [2.75, 3.05) is 0 Å². The molecule has 0 unspecified atom stereocenters.